The number of carbonyl (C=O) groups excluding carboxylic acids is 2. The van der Waals surface area contributed by atoms with Crippen molar-refractivity contribution in [3.8, 4) is 0 Å². The van der Waals surface area contributed by atoms with E-state index in [1.807, 2.05) is 0 Å². The predicted molar refractivity (Wildman–Crippen MR) is 57.3 cm³/mol. The van der Waals surface area contributed by atoms with Gasteiger partial charge in [0.1, 0.15) is 4.34 Å². The summed E-state index contributed by atoms with van der Waals surface area (Å²) < 4.78 is 5.17. The molecule has 0 aromatic carbocycles. The van der Waals surface area contributed by atoms with Crippen molar-refractivity contribution in [1.82, 2.24) is 4.98 Å². The number of Topliss-reactive ketones (excluding diaryl/α,β-unsaturated/α-hetero) is 1. The minimum Gasteiger partial charge on any atom is -0.466 e. The molecule has 1 heterocycles. The van der Waals surface area contributed by atoms with Gasteiger partial charge in [-0.25, -0.2) is 4.98 Å². The molecule has 0 bridgehead atoms. The third kappa shape index (κ3) is 3.97. The summed E-state index contributed by atoms with van der Waals surface area (Å²) in [4.78, 5) is 26.2. The molecule has 82 valence electrons. The lowest BCUT2D eigenvalue weighted by Crippen LogP contribution is -2.07. The van der Waals surface area contributed by atoms with Gasteiger partial charge in [-0.1, -0.05) is 22.9 Å². The van der Waals surface area contributed by atoms with Crippen molar-refractivity contribution in [2.45, 2.75) is 19.8 Å². The molecule has 1 rings (SSSR count). The normalized spacial score (nSPS) is 10.0. The summed E-state index contributed by atoms with van der Waals surface area (Å²) in [6, 6.07) is 0. The molecule has 4 nitrogen and oxygen atoms in total. The van der Waals surface area contributed by atoms with Crippen molar-refractivity contribution >= 4 is 34.7 Å². The molecule has 0 spiro atoms. The molecule has 0 aliphatic heterocycles. The molecule has 0 unspecified atom stereocenters. The highest BCUT2D eigenvalue weighted by molar-refractivity contribution is 7.17. The van der Waals surface area contributed by atoms with Crippen LogP contribution in [0.25, 0.3) is 0 Å². The van der Waals surface area contributed by atoms with Crippen LogP contribution >= 0.6 is 22.9 Å². The van der Waals surface area contributed by atoms with Crippen molar-refractivity contribution in [2.24, 2.45) is 0 Å². The number of esters is 1. The summed E-state index contributed by atoms with van der Waals surface area (Å²) in [7, 11) is 0. The average Bonchev–Trinajstić information content (AvgIpc) is 2.62. The lowest BCUT2D eigenvalue weighted by atomic mass is 10.2. The fourth-order valence-corrected chi connectivity index (χ4v) is 1.82. The Labute approximate surface area is 96.2 Å². The molecule has 1 aromatic rings. The highest BCUT2D eigenvalue weighted by Gasteiger charge is 2.13. The number of rotatable bonds is 5. The summed E-state index contributed by atoms with van der Waals surface area (Å²) in [5.41, 5.74) is 0. The topological polar surface area (TPSA) is 56.3 Å². The summed E-state index contributed by atoms with van der Waals surface area (Å²) in [5, 5.41) is 0.337. The van der Waals surface area contributed by atoms with E-state index in [-0.39, 0.29) is 24.6 Å². The lowest BCUT2D eigenvalue weighted by Gasteiger charge is -1.99. The first kappa shape index (κ1) is 12.1. The molecule has 0 N–H and O–H groups in total. The lowest BCUT2D eigenvalue weighted by molar-refractivity contribution is -0.143. The van der Waals surface area contributed by atoms with Crippen LogP contribution in [-0.4, -0.2) is 23.3 Å². The molecule has 0 amide bonds. The largest absolute Gasteiger partial charge is 0.466 e. The predicted octanol–water partition coefficient (Wildman–Crippen LogP) is 2.32. The Hall–Kier alpha value is -0.940. The van der Waals surface area contributed by atoms with Gasteiger partial charge in [0.15, 0.2) is 10.8 Å². The average molecular weight is 248 g/mol. The Kier molecular flexibility index (Phi) is 4.71. The number of halogens is 1. The molecule has 0 saturated carbocycles. The van der Waals surface area contributed by atoms with Crippen LogP contribution in [0.3, 0.4) is 0 Å². The maximum Gasteiger partial charge on any atom is 0.306 e. The maximum absolute atomic E-state index is 11.4. The van der Waals surface area contributed by atoms with E-state index in [4.69, 9.17) is 16.3 Å². The van der Waals surface area contributed by atoms with Gasteiger partial charge in [-0.15, -0.1) is 0 Å². The first-order valence-corrected chi connectivity index (χ1v) is 5.63. The van der Waals surface area contributed by atoms with Crippen molar-refractivity contribution in [3.05, 3.63) is 15.5 Å². The second-order valence-electron chi connectivity index (χ2n) is 2.70. The Bertz CT molecular complexity index is 364. The summed E-state index contributed by atoms with van der Waals surface area (Å²) in [6.07, 6.45) is 1.62. The maximum atomic E-state index is 11.4. The summed E-state index contributed by atoms with van der Waals surface area (Å²) in [6.45, 7) is 2.05. The van der Waals surface area contributed by atoms with E-state index >= 15 is 0 Å². The molecule has 0 saturated heterocycles. The van der Waals surface area contributed by atoms with Gasteiger partial charge < -0.3 is 4.74 Å². The van der Waals surface area contributed by atoms with Crippen molar-refractivity contribution in [3.63, 3.8) is 0 Å². The van der Waals surface area contributed by atoms with E-state index in [0.29, 0.717) is 16.0 Å². The number of aromatic nitrogens is 1. The molecule has 0 atom stereocenters. The first-order valence-electron chi connectivity index (χ1n) is 4.43. The Morgan fingerprint density at radius 1 is 1.53 bits per heavy atom. The second-order valence-corrected chi connectivity index (χ2v) is 4.36. The van der Waals surface area contributed by atoms with Crippen LogP contribution in [0.2, 0.25) is 4.34 Å². The standard InChI is InChI=1S/C9H10ClNO3S/c1-2-14-8(13)4-3-6(12)9-11-5-7(10)15-9/h5H,2-4H2,1H3. The Morgan fingerprint density at radius 2 is 2.27 bits per heavy atom. The van der Waals surface area contributed by atoms with Gasteiger partial charge >= 0.3 is 5.97 Å². The van der Waals surface area contributed by atoms with Crippen LogP contribution < -0.4 is 0 Å². The van der Waals surface area contributed by atoms with E-state index in [2.05, 4.69) is 4.98 Å². The Morgan fingerprint density at radius 3 is 2.80 bits per heavy atom. The number of thiazole rings is 1. The van der Waals surface area contributed by atoms with Gasteiger partial charge in [0.2, 0.25) is 0 Å². The van der Waals surface area contributed by atoms with Gasteiger partial charge in [0, 0.05) is 6.42 Å². The van der Waals surface area contributed by atoms with Crippen LogP contribution in [0.5, 0.6) is 0 Å². The first-order chi connectivity index (χ1) is 7.13. The van der Waals surface area contributed by atoms with Crippen LogP contribution in [0.4, 0.5) is 0 Å². The molecule has 0 aliphatic rings. The van der Waals surface area contributed by atoms with Crippen LogP contribution in [0.1, 0.15) is 29.6 Å². The molecule has 1 aromatic heterocycles. The summed E-state index contributed by atoms with van der Waals surface area (Å²) >= 11 is 6.74. The third-order valence-electron chi connectivity index (χ3n) is 1.58. The zero-order valence-corrected chi connectivity index (χ0v) is 9.73. The quantitative estimate of drug-likeness (QED) is 0.592. The monoisotopic (exact) mass is 247 g/mol. The number of hydrogen-bond donors (Lipinski definition) is 0. The molecular weight excluding hydrogens is 238 g/mol. The van der Waals surface area contributed by atoms with Gasteiger partial charge in [0.05, 0.1) is 19.2 Å². The van der Waals surface area contributed by atoms with Crippen molar-refractivity contribution in [2.75, 3.05) is 6.61 Å². The molecule has 0 aliphatic carbocycles. The SMILES string of the molecule is CCOC(=O)CCC(=O)c1ncc(Cl)s1. The highest BCUT2D eigenvalue weighted by Crippen LogP contribution is 2.19. The highest BCUT2D eigenvalue weighted by atomic mass is 35.5. The molecule has 0 radical (unpaired) electrons. The van der Waals surface area contributed by atoms with Crippen LogP contribution in [0.15, 0.2) is 6.20 Å². The smallest absolute Gasteiger partial charge is 0.306 e. The van der Waals surface area contributed by atoms with E-state index in [1.54, 1.807) is 6.92 Å². The number of ether oxygens (including phenoxy) is 1. The number of ketones is 1. The van der Waals surface area contributed by atoms with Gasteiger partial charge in [-0.05, 0) is 6.92 Å². The fourth-order valence-electron chi connectivity index (χ4n) is 0.939. The second kappa shape index (κ2) is 5.82. The summed E-state index contributed by atoms with van der Waals surface area (Å²) in [5.74, 6) is -0.548. The minimum atomic E-state index is -0.367. The molecule has 6 heteroatoms. The Balaban J connectivity index is 2.40. The van der Waals surface area contributed by atoms with E-state index < -0.39 is 0 Å². The van der Waals surface area contributed by atoms with Gasteiger partial charge in [-0.2, -0.15) is 0 Å². The molecule has 0 fully saturated rings. The number of carbonyl (C=O) groups is 2. The van der Waals surface area contributed by atoms with E-state index in [9.17, 15) is 9.59 Å². The van der Waals surface area contributed by atoms with Gasteiger partial charge in [-0.3, -0.25) is 9.59 Å². The van der Waals surface area contributed by atoms with Gasteiger partial charge in [0.25, 0.3) is 0 Å². The number of nitrogens with zero attached hydrogens (tertiary/aromatic N) is 1. The van der Waals surface area contributed by atoms with Crippen LogP contribution in [-0.2, 0) is 9.53 Å². The van der Waals surface area contributed by atoms with E-state index in [1.165, 1.54) is 6.20 Å². The van der Waals surface area contributed by atoms with Crippen molar-refractivity contribution in [1.29, 1.82) is 0 Å². The minimum absolute atomic E-state index is 0.0872. The van der Waals surface area contributed by atoms with E-state index in [0.717, 1.165) is 11.3 Å². The van der Waals surface area contributed by atoms with Crippen LogP contribution in [0, 0.1) is 0 Å². The molecule has 15 heavy (non-hydrogen) atoms. The zero-order valence-electron chi connectivity index (χ0n) is 8.16. The zero-order chi connectivity index (χ0) is 11.3. The molecular formula is C9H10ClNO3S. The number of hydrogen-bond acceptors (Lipinski definition) is 5. The fraction of sp³-hybridized carbons (Fsp3) is 0.444. The van der Waals surface area contributed by atoms with Crippen molar-refractivity contribution < 1.29 is 14.3 Å². The third-order valence-corrected chi connectivity index (χ3v) is 2.73.